The van der Waals surface area contributed by atoms with E-state index in [0.717, 1.165) is 25.4 Å². The van der Waals surface area contributed by atoms with E-state index >= 15 is 0 Å². The third-order valence-corrected chi connectivity index (χ3v) is 4.49. The lowest BCUT2D eigenvalue weighted by Crippen LogP contribution is -2.44. The van der Waals surface area contributed by atoms with Gasteiger partial charge in [-0.1, -0.05) is 19.3 Å². The van der Waals surface area contributed by atoms with E-state index in [0.29, 0.717) is 18.9 Å². The number of hydrogen-bond acceptors (Lipinski definition) is 3. The second-order valence-electron chi connectivity index (χ2n) is 5.74. The van der Waals surface area contributed by atoms with Crippen LogP contribution in [-0.4, -0.2) is 36.5 Å². The van der Waals surface area contributed by atoms with Gasteiger partial charge in [0.05, 0.1) is 13.0 Å². The highest BCUT2D eigenvalue weighted by Gasteiger charge is 2.32. The normalized spacial score (nSPS) is 26.7. The van der Waals surface area contributed by atoms with Gasteiger partial charge in [0.15, 0.2) is 0 Å². The van der Waals surface area contributed by atoms with Crippen molar-refractivity contribution < 1.29 is 14.3 Å². The molecule has 0 aromatic carbocycles. The predicted molar refractivity (Wildman–Crippen MR) is 72.5 cm³/mol. The van der Waals surface area contributed by atoms with Crippen molar-refractivity contribution in [1.29, 1.82) is 0 Å². The molecular weight excluding hydrogens is 242 g/mol. The van der Waals surface area contributed by atoms with Gasteiger partial charge in [0.1, 0.15) is 0 Å². The summed E-state index contributed by atoms with van der Waals surface area (Å²) in [5.41, 5.74) is 0. The molecule has 1 amide bonds. The van der Waals surface area contributed by atoms with E-state index in [4.69, 9.17) is 4.74 Å². The summed E-state index contributed by atoms with van der Waals surface area (Å²) >= 11 is 0. The van der Waals surface area contributed by atoms with E-state index in [-0.39, 0.29) is 18.3 Å². The molecule has 4 nitrogen and oxygen atoms in total. The van der Waals surface area contributed by atoms with Gasteiger partial charge in [-0.3, -0.25) is 9.59 Å². The molecule has 1 heterocycles. The largest absolute Gasteiger partial charge is 0.466 e. The number of carbonyl (C=O) groups excluding carboxylic acids is 2. The molecule has 19 heavy (non-hydrogen) atoms. The summed E-state index contributed by atoms with van der Waals surface area (Å²) in [6, 6.07) is 0. The number of ether oxygens (including phenoxy) is 1. The number of hydrogen-bond donors (Lipinski definition) is 0. The molecule has 0 aromatic rings. The van der Waals surface area contributed by atoms with Crippen LogP contribution in [0.2, 0.25) is 0 Å². The molecule has 0 radical (unpaired) electrons. The quantitative estimate of drug-likeness (QED) is 0.735. The third kappa shape index (κ3) is 3.95. The van der Waals surface area contributed by atoms with E-state index in [1.165, 1.54) is 25.7 Å². The van der Waals surface area contributed by atoms with Crippen LogP contribution >= 0.6 is 0 Å². The Hall–Kier alpha value is -1.06. The minimum absolute atomic E-state index is 0.122. The van der Waals surface area contributed by atoms with Gasteiger partial charge in [0.2, 0.25) is 5.91 Å². The van der Waals surface area contributed by atoms with Crippen LogP contribution in [0.25, 0.3) is 0 Å². The Morgan fingerprint density at radius 3 is 2.58 bits per heavy atom. The monoisotopic (exact) mass is 267 g/mol. The van der Waals surface area contributed by atoms with Crippen LogP contribution in [0.5, 0.6) is 0 Å². The lowest BCUT2D eigenvalue weighted by atomic mass is 9.75. The van der Waals surface area contributed by atoms with Crippen molar-refractivity contribution in [3.8, 4) is 0 Å². The molecular formula is C15H25NO3. The fourth-order valence-corrected chi connectivity index (χ4v) is 3.43. The molecule has 2 fully saturated rings. The van der Waals surface area contributed by atoms with Crippen molar-refractivity contribution in [3.63, 3.8) is 0 Å². The molecule has 0 bridgehead atoms. The highest BCUT2D eigenvalue weighted by atomic mass is 16.5. The SMILES string of the molecule is CCOC(=O)CCC(=O)N1CC[C@@H]2CCCC[C@@H]2C1. The summed E-state index contributed by atoms with van der Waals surface area (Å²) in [5, 5.41) is 0. The molecule has 2 atom stereocenters. The first-order chi connectivity index (χ1) is 9.20. The first-order valence-corrected chi connectivity index (χ1v) is 7.64. The average Bonchev–Trinajstić information content (AvgIpc) is 2.44. The van der Waals surface area contributed by atoms with E-state index in [1.54, 1.807) is 6.92 Å². The number of carbonyl (C=O) groups is 2. The Bertz CT molecular complexity index is 329. The fraction of sp³-hybridized carbons (Fsp3) is 0.867. The highest BCUT2D eigenvalue weighted by Crippen LogP contribution is 2.36. The smallest absolute Gasteiger partial charge is 0.306 e. The second-order valence-corrected chi connectivity index (χ2v) is 5.74. The zero-order valence-electron chi connectivity index (χ0n) is 11.9. The van der Waals surface area contributed by atoms with Gasteiger partial charge in [0.25, 0.3) is 0 Å². The van der Waals surface area contributed by atoms with Crippen LogP contribution in [-0.2, 0) is 14.3 Å². The molecule has 0 aromatic heterocycles. The van der Waals surface area contributed by atoms with Crippen molar-refractivity contribution in [1.82, 2.24) is 4.90 Å². The zero-order chi connectivity index (χ0) is 13.7. The van der Waals surface area contributed by atoms with Crippen LogP contribution in [0, 0.1) is 11.8 Å². The third-order valence-electron chi connectivity index (χ3n) is 4.49. The minimum atomic E-state index is -0.261. The Labute approximate surface area is 115 Å². The van der Waals surface area contributed by atoms with Gasteiger partial charge < -0.3 is 9.64 Å². The maximum Gasteiger partial charge on any atom is 0.306 e. The van der Waals surface area contributed by atoms with Gasteiger partial charge in [-0.15, -0.1) is 0 Å². The molecule has 4 heteroatoms. The zero-order valence-corrected chi connectivity index (χ0v) is 11.9. The highest BCUT2D eigenvalue weighted by molar-refractivity contribution is 5.81. The summed E-state index contributed by atoms with van der Waals surface area (Å²) < 4.78 is 4.86. The number of rotatable bonds is 4. The predicted octanol–water partition coefficient (Wildman–Crippen LogP) is 2.37. The molecule has 1 saturated heterocycles. The standard InChI is InChI=1S/C15H25NO3/c1-2-19-15(18)8-7-14(17)16-10-9-12-5-3-4-6-13(12)11-16/h12-13H,2-11H2,1H3/t12-,13+/m0/s1. The van der Waals surface area contributed by atoms with Crippen LogP contribution in [0.15, 0.2) is 0 Å². The number of esters is 1. The summed E-state index contributed by atoms with van der Waals surface area (Å²) in [6.45, 7) is 3.96. The second kappa shape index (κ2) is 6.92. The molecule has 0 spiro atoms. The van der Waals surface area contributed by atoms with E-state index in [9.17, 15) is 9.59 Å². The molecule has 0 N–H and O–H groups in total. The van der Waals surface area contributed by atoms with Crippen molar-refractivity contribution in [2.45, 2.75) is 51.9 Å². The van der Waals surface area contributed by atoms with E-state index in [1.807, 2.05) is 4.90 Å². The van der Waals surface area contributed by atoms with Crippen molar-refractivity contribution in [2.75, 3.05) is 19.7 Å². The molecule has 1 saturated carbocycles. The van der Waals surface area contributed by atoms with Crippen LogP contribution in [0.1, 0.15) is 51.9 Å². The minimum Gasteiger partial charge on any atom is -0.466 e. The van der Waals surface area contributed by atoms with Crippen molar-refractivity contribution in [2.24, 2.45) is 11.8 Å². The van der Waals surface area contributed by atoms with Gasteiger partial charge in [-0.25, -0.2) is 0 Å². The van der Waals surface area contributed by atoms with E-state index in [2.05, 4.69) is 0 Å². The fourth-order valence-electron chi connectivity index (χ4n) is 3.43. The number of likely N-dealkylation sites (tertiary alicyclic amines) is 1. The molecule has 2 aliphatic rings. The Morgan fingerprint density at radius 1 is 1.11 bits per heavy atom. The van der Waals surface area contributed by atoms with Crippen molar-refractivity contribution >= 4 is 11.9 Å². The Kier molecular flexibility index (Phi) is 5.23. The van der Waals surface area contributed by atoms with Crippen LogP contribution < -0.4 is 0 Å². The lowest BCUT2D eigenvalue weighted by molar-refractivity contribution is -0.146. The van der Waals surface area contributed by atoms with Gasteiger partial charge in [-0.05, 0) is 31.6 Å². The number of fused-ring (bicyclic) bond motifs is 1. The number of amides is 1. The topological polar surface area (TPSA) is 46.6 Å². The van der Waals surface area contributed by atoms with Gasteiger partial charge in [0, 0.05) is 19.5 Å². The summed E-state index contributed by atoms with van der Waals surface area (Å²) in [4.78, 5) is 25.3. The summed E-state index contributed by atoms with van der Waals surface area (Å²) in [5.74, 6) is 1.40. The maximum absolute atomic E-state index is 12.1. The first kappa shape index (κ1) is 14.4. The molecule has 1 aliphatic carbocycles. The molecule has 1 aliphatic heterocycles. The summed E-state index contributed by atoms with van der Waals surface area (Å²) in [7, 11) is 0. The number of piperidine rings is 1. The van der Waals surface area contributed by atoms with Crippen molar-refractivity contribution in [3.05, 3.63) is 0 Å². The number of nitrogens with zero attached hydrogens (tertiary/aromatic N) is 1. The van der Waals surface area contributed by atoms with Gasteiger partial charge >= 0.3 is 5.97 Å². The van der Waals surface area contributed by atoms with Crippen LogP contribution in [0.3, 0.4) is 0 Å². The Morgan fingerprint density at radius 2 is 1.84 bits per heavy atom. The molecule has 0 unspecified atom stereocenters. The Balaban J connectivity index is 1.75. The lowest BCUT2D eigenvalue weighted by Gasteiger charge is -2.41. The molecule has 108 valence electrons. The molecule has 2 rings (SSSR count). The summed E-state index contributed by atoms with van der Waals surface area (Å²) in [6.07, 6.45) is 6.95. The van der Waals surface area contributed by atoms with E-state index < -0.39 is 0 Å². The first-order valence-electron chi connectivity index (χ1n) is 7.64. The van der Waals surface area contributed by atoms with Crippen LogP contribution in [0.4, 0.5) is 0 Å². The maximum atomic E-state index is 12.1. The van der Waals surface area contributed by atoms with Gasteiger partial charge in [-0.2, -0.15) is 0 Å². The average molecular weight is 267 g/mol.